The molecular weight excluding hydrogens is 434 g/mol. The predicted octanol–water partition coefficient (Wildman–Crippen LogP) is 2.86. The molecule has 1 N–H and O–H groups in total. The van der Waals surface area contributed by atoms with Crippen molar-refractivity contribution >= 4 is 51.2 Å². The quantitative estimate of drug-likeness (QED) is 0.738. The lowest BCUT2D eigenvalue weighted by molar-refractivity contribution is -0.136. The van der Waals surface area contributed by atoms with Gasteiger partial charge < -0.3 is 5.11 Å². The topological polar surface area (TPSA) is 50.2 Å². The van der Waals surface area contributed by atoms with Crippen LogP contribution in [0.1, 0.15) is 17.8 Å². The van der Waals surface area contributed by atoms with Crippen molar-refractivity contribution in [2.45, 2.75) is 12.8 Å². The summed E-state index contributed by atoms with van der Waals surface area (Å²) in [5.41, 5.74) is -0.193. The number of hydrogen-bond acceptors (Lipinski definition) is 2. The lowest BCUT2D eigenvalue weighted by Crippen LogP contribution is -2.08. The second-order valence-corrected chi connectivity index (χ2v) is 4.90. The lowest BCUT2D eigenvalue weighted by Gasteiger charge is -2.06. The Morgan fingerprint density at radius 1 is 1.53 bits per heavy atom. The highest BCUT2D eigenvalue weighted by molar-refractivity contribution is 14.1. The van der Waals surface area contributed by atoms with Crippen molar-refractivity contribution in [2.75, 3.05) is 0 Å². The maximum Gasteiger partial charge on any atom is 0.309 e. The van der Waals surface area contributed by atoms with E-state index in [9.17, 15) is 13.6 Å². The Kier molecular flexibility index (Phi) is 4.62. The number of aromatic nitrogens is 1. The van der Waals surface area contributed by atoms with Crippen molar-refractivity contribution in [3.8, 4) is 0 Å². The second-order valence-electron chi connectivity index (χ2n) is 2.66. The molecule has 0 radical (unpaired) electrons. The van der Waals surface area contributed by atoms with Crippen LogP contribution in [0.15, 0.2) is 6.07 Å². The highest BCUT2D eigenvalue weighted by Crippen LogP contribution is 2.24. The summed E-state index contributed by atoms with van der Waals surface area (Å²) < 4.78 is 26.0. The smallest absolute Gasteiger partial charge is 0.309 e. The van der Waals surface area contributed by atoms with Gasteiger partial charge in [0.05, 0.1) is 12.1 Å². The average molecular weight is 439 g/mol. The van der Waals surface area contributed by atoms with Gasteiger partial charge in [0.1, 0.15) is 5.69 Å². The van der Waals surface area contributed by atoms with Crippen LogP contribution in [0.2, 0.25) is 0 Å². The van der Waals surface area contributed by atoms with Crippen molar-refractivity contribution in [3.05, 3.63) is 24.6 Å². The molecule has 0 aliphatic heterocycles. The van der Waals surface area contributed by atoms with E-state index in [0.717, 1.165) is 0 Å². The van der Waals surface area contributed by atoms with Gasteiger partial charge >= 0.3 is 5.97 Å². The van der Waals surface area contributed by atoms with Gasteiger partial charge in [-0.15, -0.1) is 0 Å². The molecule has 1 heterocycles. The fourth-order valence-corrected chi connectivity index (χ4v) is 2.04. The first kappa shape index (κ1) is 13.0. The van der Waals surface area contributed by atoms with Gasteiger partial charge in [0, 0.05) is 7.14 Å². The van der Waals surface area contributed by atoms with E-state index in [1.54, 1.807) is 0 Å². The van der Waals surface area contributed by atoms with Crippen LogP contribution in [-0.4, -0.2) is 16.1 Å². The summed E-state index contributed by atoms with van der Waals surface area (Å²) >= 11 is 3.78. The second kappa shape index (κ2) is 5.32. The van der Waals surface area contributed by atoms with E-state index < -0.39 is 12.4 Å². The number of aliphatic carboxylic acids is 1. The van der Waals surface area contributed by atoms with Crippen molar-refractivity contribution in [2.24, 2.45) is 0 Å². The van der Waals surface area contributed by atoms with E-state index in [0.29, 0.717) is 7.14 Å². The van der Waals surface area contributed by atoms with Crippen molar-refractivity contribution in [1.82, 2.24) is 4.98 Å². The number of halogens is 4. The standard InChI is InChI=1S/C8H5F2I2NO2/c9-8(10)5-1-3(11)7(12)4(13-5)2-6(14)15/h1,8H,2H2,(H,14,15). The van der Waals surface area contributed by atoms with E-state index in [1.807, 2.05) is 45.2 Å². The number of rotatable bonds is 3. The monoisotopic (exact) mass is 439 g/mol. The summed E-state index contributed by atoms with van der Waals surface area (Å²) in [7, 11) is 0. The van der Waals surface area contributed by atoms with Gasteiger partial charge in [-0.25, -0.2) is 8.78 Å². The van der Waals surface area contributed by atoms with Crippen LogP contribution >= 0.6 is 45.2 Å². The number of carbonyl (C=O) groups is 1. The maximum atomic E-state index is 12.4. The molecule has 1 aromatic rings. The molecule has 1 rings (SSSR count). The summed E-state index contributed by atoms with van der Waals surface area (Å²) in [5, 5.41) is 8.58. The first-order chi connectivity index (χ1) is 6.91. The molecule has 0 aliphatic rings. The minimum Gasteiger partial charge on any atom is -0.481 e. The Morgan fingerprint density at radius 3 is 2.60 bits per heavy atom. The van der Waals surface area contributed by atoms with Crippen LogP contribution in [0.3, 0.4) is 0 Å². The van der Waals surface area contributed by atoms with Crippen molar-refractivity contribution in [1.29, 1.82) is 0 Å². The van der Waals surface area contributed by atoms with Gasteiger partial charge in [-0.3, -0.25) is 9.78 Å². The van der Waals surface area contributed by atoms with Crippen molar-refractivity contribution < 1.29 is 18.7 Å². The molecule has 15 heavy (non-hydrogen) atoms. The Balaban J connectivity index is 3.18. The lowest BCUT2D eigenvalue weighted by atomic mass is 10.2. The molecular formula is C8H5F2I2NO2. The van der Waals surface area contributed by atoms with Gasteiger partial charge in [0.2, 0.25) is 0 Å². The van der Waals surface area contributed by atoms with E-state index in [1.165, 1.54) is 6.07 Å². The highest BCUT2D eigenvalue weighted by atomic mass is 127. The Morgan fingerprint density at radius 2 is 2.13 bits per heavy atom. The number of nitrogens with zero attached hydrogens (tertiary/aromatic N) is 1. The molecule has 1 aromatic heterocycles. The van der Waals surface area contributed by atoms with Crippen LogP contribution in [0.4, 0.5) is 8.78 Å². The van der Waals surface area contributed by atoms with Gasteiger partial charge in [-0.05, 0) is 51.2 Å². The minimum atomic E-state index is -2.68. The fourth-order valence-electron chi connectivity index (χ4n) is 0.940. The number of alkyl halides is 2. The third kappa shape index (κ3) is 3.47. The zero-order valence-corrected chi connectivity index (χ0v) is 11.5. The zero-order valence-electron chi connectivity index (χ0n) is 7.18. The molecule has 0 bridgehead atoms. The normalized spacial score (nSPS) is 10.7. The molecule has 7 heteroatoms. The minimum absolute atomic E-state index is 0.185. The molecule has 0 amide bonds. The molecule has 0 atom stereocenters. The van der Waals surface area contributed by atoms with E-state index >= 15 is 0 Å². The van der Waals surface area contributed by atoms with E-state index in [4.69, 9.17) is 5.11 Å². The van der Waals surface area contributed by atoms with Gasteiger partial charge in [-0.2, -0.15) is 0 Å². The average Bonchev–Trinajstić information content (AvgIpc) is 2.11. The molecule has 0 unspecified atom stereocenters. The van der Waals surface area contributed by atoms with E-state index in [-0.39, 0.29) is 17.8 Å². The van der Waals surface area contributed by atoms with Crippen LogP contribution in [0, 0.1) is 7.14 Å². The number of hydrogen-bond donors (Lipinski definition) is 1. The largest absolute Gasteiger partial charge is 0.481 e. The zero-order chi connectivity index (χ0) is 11.6. The first-order valence-corrected chi connectivity index (χ1v) is 5.92. The molecule has 0 saturated heterocycles. The highest BCUT2D eigenvalue weighted by Gasteiger charge is 2.16. The summed E-state index contributed by atoms with van der Waals surface area (Å²) in [6, 6.07) is 1.26. The third-order valence-corrected chi connectivity index (χ3v) is 4.63. The van der Waals surface area contributed by atoms with Gasteiger partial charge in [0.15, 0.2) is 0 Å². The molecule has 0 spiro atoms. The molecule has 0 aromatic carbocycles. The molecule has 0 saturated carbocycles. The van der Waals surface area contributed by atoms with Crippen LogP contribution < -0.4 is 0 Å². The Labute approximate surface area is 112 Å². The fraction of sp³-hybridized carbons (Fsp3) is 0.250. The molecule has 82 valence electrons. The SMILES string of the molecule is O=C(O)Cc1nc(C(F)F)cc(I)c1I. The Hall–Kier alpha value is -0.0600. The van der Waals surface area contributed by atoms with Crippen LogP contribution in [-0.2, 0) is 11.2 Å². The summed E-state index contributed by atoms with van der Waals surface area (Å²) in [5.74, 6) is -1.08. The van der Waals surface area contributed by atoms with Gasteiger partial charge in [0.25, 0.3) is 6.43 Å². The predicted molar refractivity (Wildman–Crippen MR) is 66.0 cm³/mol. The summed E-state index contributed by atoms with van der Waals surface area (Å²) in [6.45, 7) is 0. The number of carboxylic acids is 1. The maximum absolute atomic E-state index is 12.4. The van der Waals surface area contributed by atoms with Gasteiger partial charge in [-0.1, -0.05) is 0 Å². The summed E-state index contributed by atoms with van der Waals surface area (Å²) in [4.78, 5) is 14.1. The summed E-state index contributed by atoms with van der Waals surface area (Å²) in [6.07, 6.45) is -3.02. The van der Waals surface area contributed by atoms with Crippen LogP contribution in [0.5, 0.6) is 0 Å². The first-order valence-electron chi connectivity index (χ1n) is 3.76. The number of carboxylic acid groups (broad SMARTS) is 1. The van der Waals surface area contributed by atoms with Crippen molar-refractivity contribution in [3.63, 3.8) is 0 Å². The van der Waals surface area contributed by atoms with E-state index in [2.05, 4.69) is 4.98 Å². The Bertz CT molecular complexity index is 398. The molecule has 3 nitrogen and oxygen atoms in total. The number of pyridine rings is 1. The molecule has 0 aliphatic carbocycles. The van der Waals surface area contributed by atoms with Crippen LogP contribution in [0.25, 0.3) is 0 Å². The molecule has 0 fully saturated rings. The third-order valence-electron chi connectivity index (χ3n) is 1.54.